The van der Waals surface area contributed by atoms with Gasteiger partial charge in [-0.1, -0.05) is 17.7 Å². The minimum Gasteiger partial charge on any atom is -0.487 e. The van der Waals surface area contributed by atoms with Crippen LogP contribution in [0.15, 0.2) is 18.2 Å². The quantitative estimate of drug-likeness (QED) is 0.845. The van der Waals surface area contributed by atoms with Gasteiger partial charge in [-0.2, -0.15) is 0 Å². The summed E-state index contributed by atoms with van der Waals surface area (Å²) in [7, 11) is 0. The van der Waals surface area contributed by atoms with Crippen LogP contribution in [0, 0.1) is 6.92 Å². The van der Waals surface area contributed by atoms with E-state index in [1.165, 1.54) is 5.56 Å². The molecule has 1 aliphatic carbocycles. The molecule has 0 aromatic heterocycles. The predicted octanol–water partition coefficient (Wildman–Crippen LogP) is 2.31. The molecule has 1 saturated carbocycles. The van der Waals surface area contributed by atoms with Crippen LogP contribution >= 0.6 is 0 Å². The molecule has 1 aromatic rings. The van der Waals surface area contributed by atoms with Crippen LogP contribution in [-0.2, 0) is 0 Å². The highest BCUT2D eigenvalue weighted by Crippen LogP contribution is 2.30. The van der Waals surface area contributed by atoms with Crippen molar-refractivity contribution in [3.05, 3.63) is 29.3 Å². The molecular formula is C14H21NO2. The van der Waals surface area contributed by atoms with E-state index in [0.717, 1.165) is 30.6 Å². The number of aliphatic hydroxyl groups is 1. The molecule has 0 saturated heterocycles. The molecule has 17 heavy (non-hydrogen) atoms. The number of rotatable bonds is 3. The van der Waals surface area contributed by atoms with Gasteiger partial charge in [-0.25, -0.2) is 0 Å². The van der Waals surface area contributed by atoms with Crippen molar-refractivity contribution in [2.45, 2.75) is 51.4 Å². The van der Waals surface area contributed by atoms with Crippen LogP contribution in [0.5, 0.6) is 5.75 Å². The Morgan fingerprint density at radius 2 is 2.18 bits per heavy atom. The summed E-state index contributed by atoms with van der Waals surface area (Å²) < 4.78 is 5.90. The van der Waals surface area contributed by atoms with Crippen LogP contribution in [0.3, 0.4) is 0 Å². The van der Waals surface area contributed by atoms with E-state index in [2.05, 4.69) is 6.07 Å². The van der Waals surface area contributed by atoms with Crippen molar-refractivity contribution >= 4 is 0 Å². The van der Waals surface area contributed by atoms with Gasteiger partial charge in [0.25, 0.3) is 0 Å². The fourth-order valence-corrected chi connectivity index (χ4v) is 2.34. The highest BCUT2D eigenvalue weighted by molar-refractivity contribution is 5.39. The van der Waals surface area contributed by atoms with Gasteiger partial charge in [-0.3, -0.25) is 0 Å². The van der Waals surface area contributed by atoms with Gasteiger partial charge in [0.15, 0.2) is 0 Å². The largest absolute Gasteiger partial charge is 0.487 e. The van der Waals surface area contributed by atoms with Gasteiger partial charge in [0.1, 0.15) is 11.9 Å². The van der Waals surface area contributed by atoms with Gasteiger partial charge in [0.2, 0.25) is 0 Å². The molecule has 1 aromatic carbocycles. The second kappa shape index (κ2) is 5.07. The summed E-state index contributed by atoms with van der Waals surface area (Å²) in [6.07, 6.45) is 2.38. The van der Waals surface area contributed by atoms with E-state index in [1.54, 1.807) is 0 Å². The Labute approximate surface area is 103 Å². The first-order valence-corrected chi connectivity index (χ1v) is 6.29. The molecule has 3 heteroatoms. The second-order valence-corrected chi connectivity index (χ2v) is 4.98. The zero-order valence-electron chi connectivity index (χ0n) is 10.5. The predicted molar refractivity (Wildman–Crippen MR) is 68.1 cm³/mol. The van der Waals surface area contributed by atoms with E-state index in [4.69, 9.17) is 10.5 Å². The summed E-state index contributed by atoms with van der Waals surface area (Å²) in [6, 6.07) is 5.98. The first kappa shape index (κ1) is 12.4. The third-order valence-corrected chi connectivity index (χ3v) is 3.35. The van der Waals surface area contributed by atoms with E-state index >= 15 is 0 Å². The molecule has 3 atom stereocenters. The van der Waals surface area contributed by atoms with Gasteiger partial charge in [-0.15, -0.1) is 0 Å². The number of hydrogen-bond donors (Lipinski definition) is 2. The fourth-order valence-electron chi connectivity index (χ4n) is 2.34. The van der Waals surface area contributed by atoms with Gasteiger partial charge in [-0.05, 0) is 39.2 Å². The minimum absolute atomic E-state index is 0.0524. The zero-order valence-corrected chi connectivity index (χ0v) is 10.5. The average Bonchev–Trinajstić information content (AvgIpc) is 2.67. The lowest BCUT2D eigenvalue weighted by Crippen LogP contribution is -2.26. The Bertz CT molecular complexity index is 390. The summed E-state index contributed by atoms with van der Waals surface area (Å²) in [6.45, 7) is 3.99. The number of nitrogens with two attached hydrogens (primary N) is 1. The third-order valence-electron chi connectivity index (χ3n) is 3.35. The Morgan fingerprint density at radius 3 is 2.76 bits per heavy atom. The first-order chi connectivity index (χ1) is 8.08. The number of hydrogen-bond acceptors (Lipinski definition) is 3. The van der Waals surface area contributed by atoms with Gasteiger partial charge in [0, 0.05) is 11.6 Å². The maximum Gasteiger partial charge on any atom is 0.124 e. The van der Waals surface area contributed by atoms with Crippen LogP contribution in [-0.4, -0.2) is 17.3 Å². The molecule has 3 N–H and O–H groups in total. The molecule has 2 rings (SSSR count). The highest BCUT2D eigenvalue weighted by atomic mass is 16.5. The maximum atomic E-state index is 9.78. The topological polar surface area (TPSA) is 55.5 Å². The first-order valence-electron chi connectivity index (χ1n) is 6.29. The molecule has 1 fully saturated rings. The van der Waals surface area contributed by atoms with Gasteiger partial charge < -0.3 is 15.6 Å². The van der Waals surface area contributed by atoms with Gasteiger partial charge in [0.05, 0.1) is 6.10 Å². The average molecular weight is 235 g/mol. The van der Waals surface area contributed by atoms with Crippen molar-refractivity contribution in [2.24, 2.45) is 5.73 Å². The summed E-state index contributed by atoms with van der Waals surface area (Å²) >= 11 is 0. The molecule has 1 aliphatic rings. The molecule has 0 radical (unpaired) electrons. The smallest absolute Gasteiger partial charge is 0.124 e. The minimum atomic E-state index is -0.336. The van der Waals surface area contributed by atoms with Crippen LogP contribution in [0.1, 0.15) is 43.4 Å². The molecule has 2 unspecified atom stereocenters. The normalized spacial score (nSPS) is 25.9. The van der Waals surface area contributed by atoms with E-state index < -0.39 is 0 Å². The summed E-state index contributed by atoms with van der Waals surface area (Å²) in [5, 5.41) is 9.78. The van der Waals surface area contributed by atoms with E-state index in [1.807, 2.05) is 26.0 Å². The molecule has 0 spiro atoms. The molecule has 0 heterocycles. The van der Waals surface area contributed by atoms with Crippen molar-refractivity contribution in [2.75, 3.05) is 0 Å². The molecule has 0 aliphatic heterocycles. The summed E-state index contributed by atoms with van der Waals surface area (Å²) in [5.41, 5.74) is 8.14. The van der Waals surface area contributed by atoms with Crippen molar-refractivity contribution in [3.8, 4) is 5.75 Å². The second-order valence-electron chi connectivity index (χ2n) is 4.98. The monoisotopic (exact) mass is 235 g/mol. The van der Waals surface area contributed by atoms with E-state index in [0.29, 0.717) is 0 Å². The lowest BCUT2D eigenvalue weighted by atomic mass is 10.0. The Hall–Kier alpha value is -1.06. The van der Waals surface area contributed by atoms with E-state index in [9.17, 15) is 5.11 Å². The third kappa shape index (κ3) is 2.79. The lowest BCUT2D eigenvalue weighted by molar-refractivity contribution is 0.0596. The van der Waals surface area contributed by atoms with Crippen LogP contribution < -0.4 is 10.5 Å². The van der Waals surface area contributed by atoms with Crippen molar-refractivity contribution in [3.63, 3.8) is 0 Å². The molecular weight excluding hydrogens is 214 g/mol. The molecule has 3 nitrogen and oxygen atoms in total. The number of benzene rings is 1. The molecule has 0 amide bonds. The number of ether oxygens (including phenoxy) is 1. The molecule has 0 bridgehead atoms. The summed E-state index contributed by atoms with van der Waals surface area (Å²) in [4.78, 5) is 0. The van der Waals surface area contributed by atoms with Crippen molar-refractivity contribution in [1.82, 2.24) is 0 Å². The lowest BCUT2D eigenvalue weighted by Gasteiger charge is -2.21. The van der Waals surface area contributed by atoms with Crippen LogP contribution in [0.4, 0.5) is 0 Å². The van der Waals surface area contributed by atoms with Crippen LogP contribution in [0.2, 0.25) is 0 Å². The van der Waals surface area contributed by atoms with E-state index in [-0.39, 0.29) is 18.2 Å². The maximum absolute atomic E-state index is 9.78. The number of aliphatic hydroxyl groups excluding tert-OH is 1. The zero-order chi connectivity index (χ0) is 12.4. The fraction of sp³-hybridized carbons (Fsp3) is 0.571. The van der Waals surface area contributed by atoms with Gasteiger partial charge >= 0.3 is 0 Å². The summed E-state index contributed by atoms with van der Waals surface area (Å²) in [5.74, 6) is 0.816. The Kier molecular flexibility index (Phi) is 3.69. The SMILES string of the molecule is Cc1ccc(OC2CCCC2O)c([C@@H](C)N)c1. The Balaban J connectivity index is 2.19. The van der Waals surface area contributed by atoms with Crippen molar-refractivity contribution in [1.29, 1.82) is 0 Å². The molecule has 94 valence electrons. The highest BCUT2D eigenvalue weighted by Gasteiger charge is 2.27. The van der Waals surface area contributed by atoms with Crippen molar-refractivity contribution < 1.29 is 9.84 Å². The standard InChI is InChI=1S/C14H21NO2/c1-9-6-7-13(11(8-9)10(2)15)17-14-5-3-4-12(14)16/h6-8,10,12,14,16H,3-5,15H2,1-2H3/t10-,12?,14?/m1/s1. The van der Waals surface area contributed by atoms with Crippen LogP contribution in [0.25, 0.3) is 0 Å². The number of aryl methyl sites for hydroxylation is 1. The Morgan fingerprint density at radius 1 is 1.41 bits per heavy atom.